The van der Waals surface area contributed by atoms with Gasteiger partial charge >= 0.3 is 5.97 Å². The van der Waals surface area contributed by atoms with Crippen molar-refractivity contribution in [3.63, 3.8) is 0 Å². The lowest BCUT2D eigenvalue weighted by atomic mass is 9.97. The van der Waals surface area contributed by atoms with Crippen molar-refractivity contribution in [3.05, 3.63) is 35.1 Å². The number of hydrogen-bond donors (Lipinski definition) is 0. The van der Waals surface area contributed by atoms with Gasteiger partial charge < -0.3 is 9.64 Å². The molecule has 0 radical (unpaired) electrons. The van der Waals surface area contributed by atoms with Crippen LogP contribution < -0.4 is 0 Å². The van der Waals surface area contributed by atoms with Crippen molar-refractivity contribution >= 4 is 11.9 Å². The van der Waals surface area contributed by atoms with Crippen LogP contribution in [-0.2, 0) is 9.53 Å². The average molecular weight is 279 g/mol. The molecule has 1 aliphatic rings. The van der Waals surface area contributed by atoms with E-state index >= 15 is 0 Å². The summed E-state index contributed by atoms with van der Waals surface area (Å²) in [5.41, 5.74) is 0.825. The van der Waals surface area contributed by atoms with Crippen molar-refractivity contribution in [2.24, 2.45) is 5.92 Å². The van der Waals surface area contributed by atoms with Crippen molar-refractivity contribution in [1.82, 2.24) is 4.90 Å². The highest BCUT2D eigenvalue weighted by Gasteiger charge is 2.29. The minimum absolute atomic E-state index is 0.238. The van der Waals surface area contributed by atoms with E-state index in [1.165, 1.54) is 13.2 Å². The maximum absolute atomic E-state index is 13.5. The van der Waals surface area contributed by atoms with Crippen LogP contribution in [0.3, 0.4) is 0 Å². The van der Waals surface area contributed by atoms with E-state index in [2.05, 4.69) is 0 Å². The van der Waals surface area contributed by atoms with Crippen molar-refractivity contribution in [1.29, 1.82) is 0 Å². The first kappa shape index (κ1) is 14.5. The van der Waals surface area contributed by atoms with Gasteiger partial charge in [-0.25, -0.2) is 4.39 Å². The summed E-state index contributed by atoms with van der Waals surface area (Å²) in [6, 6.07) is 4.45. The van der Waals surface area contributed by atoms with Gasteiger partial charge in [0.15, 0.2) is 0 Å². The summed E-state index contributed by atoms with van der Waals surface area (Å²) in [7, 11) is 1.35. The summed E-state index contributed by atoms with van der Waals surface area (Å²) in [6.07, 6.45) is 1.47. The molecular weight excluding hydrogens is 261 g/mol. The van der Waals surface area contributed by atoms with E-state index in [4.69, 9.17) is 4.74 Å². The number of piperidine rings is 1. The SMILES string of the molecule is COC(=O)C1CCCN(C(=O)c2ccc(C)c(F)c2)C1. The smallest absolute Gasteiger partial charge is 0.310 e. The molecule has 0 aromatic heterocycles. The molecule has 108 valence electrons. The number of benzene rings is 1. The van der Waals surface area contributed by atoms with E-state index in [-0.39, 0.29) is 17.8 Å². The molecule has 1 atom stereocenters. The van der Waals surface area contributed by atoms with Gasteiger partial charge in [0.05, 0.1) is 13.0 Å². The molecule has 5 heteroatoms. The Morgan fingerprint density at radius 1 is 1.40 bits per heavy atom. The van der Waals surface area contributed by atoms with Crippen molar-refractivity contribution in [2.45, 2.75) is 19.8 Å². The lowest BCUT2D eigenvalue weighted by molar-refractivity contribution is -0.146. The normalized spacial score (nSPS) is 18.8. The van der Waals surface area contributed by atoms with E-state index in [9.17, 15) is 14.0 Å². The summed E-state index contributed by atoms with van der Waals surface area (Å²) >= 11 is 0. The topological polar surface area (TPSA) is 46.6 Å². The first-order chi connectivity index (χ1) is 9.52. The molecule has 1 aliphatic heterocycles. The fourth-order valence-corrected chi connectivity index (χ4v) is 2.43. The van der Waals surface area contributed by atoms with Gasteiger partial charge in [-0.1, -0.05) is 6.07 Å². The number of esters is 1. The van der Waals surface area contributed by atoms with Crippen LogP contribution in [-0.4, -0.2) is 37.0 Å². The second-order valence-electron chi connectivity index (χ2n) is 5.08. The Kier molecular flexibility index (Phi) is 4.37. The highest BCUT2D eigenvalue weighted by molar-refractivity contribution is 5.94. The van der Waals surface area contributed by atoms with Gasteiger partial charge in [-0.2, -0.15) is 0 Å². The van der Waals surface area contributed by atoms with Crippen LogP contribution in [0.1, 0.15) is 28.8 Å². The molecule has 0 bridgehead atoms. The largest absolute Gasteiger partial charge is 0.469 e. The Bertz CT molecular complexity index is 530. The zero-order valence-corrected chi connectivity index (χ0v) is 11.7. The molecule has 0 saturated carbocycles. The van der Waals surface area contributed by atoms with Gasteiger partial charge in [-0.3, -0.25) is 9.59 Å². The molecule has 1 aromatic rings. The van der Waals surface area contributed by atoms with Crippen molar-refractivity contribution in [2.75, 3.05) is 20.2 Å². The lowest BCUT2D eigenvalue weighted by Gasteiger charge is -2.31. The number of nitrogens with zero attached hydrogens (tertiary/aromatic N) is 1. The number of likely N-dealkylation sites (tertiary alicyclic amines) is 1. The third-order valence-corrected chi connectivity index (χ3v) is 3.66. The molecule has 1 unspecified atom stereocenters. The van der Waals surface area contributed by atoms with Gasteiger partial charge in [-0.15, -0.1) is 0 Å². The molecule has 1 aromatic carbocycles. The Balaban J connectivity index is 2.12. The predicted octanol–water partition coefficient (Wildman–Crippen LogP) is 2.16. The quantitative estimate of drug-likeness (QED) is 0.779. The maximum atomic E-state index is 13.5. The zero-order chi connectivity index (χ0) is 14.7. The van der Waals surface area contributed by atoms with Crippen molar-refractivity contribution in [3.8, 4) is 0 Å². The van der Waals surface area contributed by atoms with Gasteiger partial charge in [-0.05, 0) is 37.5 Å². The van der Waals surface area contributed by atoms with Crippen LogP contribution in [0.15, 0.2) is 18.2 Å². The van der Waals surface area contributed by atoms with E-state index in [1.54, 1.807) is 24.0 Å². The van der Waals surface area contributed by atoms with E-state index < -0.39 is 5.82 Å². The number of rotatable bonds is 2. The second-order valence-corrected chi connectivity index (χ2v) is 5.08. The van der Waals surface area contributed by atoms with E-state index in [0.29, 0.717) is 24.2 Å². The summed E-state index contributed by atoms with van der Waals surface area (Å²) in [6.45, 7) is 2.57. The lowest BCUT2D eigenvalue weighted by Crippen LogP contribution is -2.42. The van der Waals surface area contributed by atoms with Gasteiger partial charge in [0.2, 0.25) is 0 Å². The highest BCUT2D eigenvalue weighted by Crippen LogP contribution is 2.20. The van der Waals surface area contributed by atoms with Crippen LogP contribution in [0, 0.1) is 18.7 Å². The number of aryl methyl sites for hydroxylation is 1. The van der Waals surface area contributed by atoms with Gasteiger partial charge in [0.25, 0.3) is 5.91 Å². The Morgan fingerprint density at radius 2 is 2.15 bits per heavy atom. The molecule has 0 spiro atoms. The second kappa shape index (κ2) is 6.03. The summed E-state index contributed by atoms with van der Waals surface area (Å²) in [5.74, 6) is -1.21. The molecule has 2 rings (SSSR count). The molecule has 20 heavy (non-hydrogen) atoms. The highest BCUT2D eigenvalue weighted by atomic mass is 19.1. The standard InChI is InChI=1S/C15H18FNO3/c1-10-5-6-11(8-13(10)16)14(18)17-7-3-4-12(9-17)15(19)20-2/h5-6,8,12H,3-4,7,9H2,1-2H3. The molecule has 1 amide bonds. The third-order valence-electron chi connectivity index (χ3n) is 3.66. The Hall–Kier alpha value is -1.91. The first-order valence-corrected chi connectivity index (χ1v) is 6.66. The molecular formula is C15H18FNO3. The van der Waals surface area contributed by atoms with E-state index in [1.807, 2.05) is 0 Å². The fraction of sp³-hybridized carbons (Fsp3) is 0.467. The maximum Gasteiger partial charge on any atom is 0.310 e. The summed E-state index contributed by atoms with van der Waals surface area (Å²) in [4.78, 5) is 25.5. The van der Waals surface area contributed by atoms with E-state index in [0.717, 1.165) is 12.8 Å². The van der Waals surface area contributed by atoms with Crippen LogP contribution in [0.25, 0.3) is 0 Å². The predicted molar refractivity (Wildman–Crippen MR) is 71.8 cm³/mol. The van der Waals surface area contributed by atoms with Gasteiger partial charge in [0.1, 0.15) is 5.82 Å². The minimum atomic E-state index is -0.391. The molecule has 1 saturated heterocycles. The van der Waals surface area contributed by atoms with Gasteiger partial charge in [0, 0.05) is 18.7 Å². The van der Waals surface area contributed by atoms with Crippen molar-refractivity contribution < 1.29 is 18.7 Å². The fourth-order valence-electron chi connectivity index (χ4n) is 2.43. The number of carbonyl (C=O) groups excluding carboxylic acids is 2. The minimum Gasteiger partial charge on any atom is -0.469 e. The van der Waals surface area contributed by atoms with Crippen LogP contribution in [0.4, 0.5) is 4.39 Å². The molecule has 1 heterocycles. The molecule has 0 N–H and O–H groups in total. The van der Waals surface area contributed by atoms with Crippen LogP contribution in [0.5, 0.6) is 0 Å². The number of hydrogen-bond acceptors (Lipinski definition) is 3. The number of halogens is 1. The van der Waals surface area contributed by atoms with Crippen LogP contribution in [0.2, 0.25) is 0 Å². The monoisotopic (exact) mass is 279 g/mol. The summed E-state index contributed by atoms with van der Waals surface area (Å²) in [5, 5.41) is 0. The molecule has 4 nitrogen and oxygen atoms in total. The number of amides is 1. The Labute approximate surface area is 117 Å². The molecule has 0 aliphatic carbocycles. The average Bonchev–Trinajstić information content (AvgIpc) is 2.48. The number of ether oxygens (including phenoxy) is 1. The zero-order valence-electron chi connectivity index (χ0n) is 11.7. The number of methoxy groups -OCH3 is 1. The molecule has 1 fully saturated rings. The third kappa shape index (κ3) is 2.98. The summed E-state index contributed by atoms with van der Waals surface area (Å²) < 4.78 is 18.2. The first-order valence-electron chi connectivity index (χ1n) is 6.66. The Morgan fingerprint density at radius 3 is 2.80 bits per heavy atom. The number of carbonyl (C=O) groups is 2. The van der Waals surface area contributed by atoms with Crippen LogP contribution >= 0.6 is 0 Å².